The molecule has 7 heteroatoms. The summed E-state index contributed by atoms with van der Waals surface area (Å²) in [6.45, 7) is 1.33. The lowest BCUT2D eigenvalue weighted by molar-refractivity contribution is -0.511. The molecule has 2 aromatic rings. The Morgan fingerprint density at radius 1 is 0.963 bits per heavy atom. The highest BCUT2D eigenvalue weighted by Gasteiger charge is 2.36. The number of benzene rings is 2. The van der Waals surface area contributed by atoms with Crippen molar-refractivity contribution in [2.45, 2.75) is 12.0 Å². The topological polar surface area (TPSA) is 70.6 Å². The van der Waals surface area contributed by atoms with E-state index in [-0.39, 0.29) is 29.4 Å². The third-order valence-electron chi connectivity index (χ3n) is 4.95. The van der Waals surface area contributed by atoms with Crippen LogP contribution in [0.5, 0.6) is 0 Å². The Morgan fingerprint density at radius 2 is 1.52 bits per heavy atom. The molecule has 4 N–H and O–H groups in total. The number of likely N-dealkylation sites (N-methyl/N-ethyl adjacent to an activating group) is 1. The first-order valence-electron chi connectivity index (χ1n) is 8.74. The molecule has 2 aromatic carbocycles. The molecule has 142 valence electrons. The van der Waals surface area contributed by atoms with Gasteiger partial charge in [0.05, 0.1) is 13.1 Å². The average Bonchev–Trinajstić information content (AvgIpc) is 3.08. The molecule has 0 bridgehead atoms. The van der Waals surface area contributed by atoms with Crippen molar-refractivity contribution >= 4 is 11.8 Å². The lowest BCUT2D eigenvalue weighted by Crippen LogP contribution is -2.34. The number of amidine groups is 1. The van der Waals surface area contributed by atoms with E-state index in [0.717, 1.165) is 5.56 Å². The second-order valence-corrected chi connectivity index (χ2v) is 6.96. The SMILES string of the molecule is CN(C)C1C[N+](=C(N)/N=C(\N)c2ccc(F)cc2)CC1c1ccc(F)cc1. The first kappa shape index (κ1) is 19.0. The maximum atomic E-state index is 13.3. The molecule has 0 radical (unpaired) electrons. The summed E-state index contributed by atoms with van der Waals surface area (Å²) in [6, 6.07) is 12.6. The molecule has 0 aromatic heterocycles. The van der Waals surface area contributed by atoms with E-state index in [9.17, 15) is 8.78 Å². The molecule has 0 aliphatic carbocycles. The Balaban J connectivity index is 1.88. The van der Waals surface area contributed by atoms with Crippen molar-refractivity contribution in [3.8, 4) is 0 Å². The lowest BCUT2D eigenvalue weighted by Gasteiger charge is -2.23. The van der Waals surface area contributed by atoms with Gasteiger partial charge in [-0.15, -0.1) is 0 Å². The van der Waals surface area contributed by atoms with Crippen molar-refractivity contribution in [3.05, 3.63) is 71.3 Å². The molecule has 1 heterocycles. The zero-order valence-electron chi connectivity index (χ0n) is 15.4. The minimum atomic E-state index is -0.334. The third kappa shape index (κ3) is 4.31. The highest BCUT2D eigenvalue weighted by molar-refractivity contribution is 6.03. The predicted molar refractivity (Wildman–Crippen MR) is 103 cm³/mol. The van der Waals surface area contributed by atoms with Gasteiger partial charge in [-0.05, 0) is 56.1 Å². The summed E-state index contributed by atoms with van der Waals surface area (Å²) in [5, 5.41) is 0. The van der Waals surface area contributed by atoms with Crippen LogP contribution in [0, 0.1) is 11.6 Å². The van der Waals surface area contributed by atoms with Crippen molar-refractivity contribution in [3.63, 3.8) is 0 Å². The van der Waals surface area contributed by atoms with Gasteiger partial charge in [0.1, 0.15) is 11.6 Å². The van der Waals surface area contributed by atoms with Gasteiger partial charge in [-0.3, -0.25) is 10.3 Å². The number of rotatable bonds is 3. The van der Waals surface area contributed by atoms with Crippen LogP contribution in [0.25, 0.3) is 0 Å². The van der Waals surface area contributed by atoms with Crippen molar-refractivity contribution in [1.29, 1.82) is 0 Å². The molecule has 5 nitrogen and oxygen atoms in total. The van der Waals surface area contributed by atoms with E-state index in [0.29, 0.717) is 24.6 Å². The van der Waals surface area contributed by atoms with Gasteiger partial charge >= 0.3 is 5.96 Å². The minimum Gasteiger partial charge on any atom is -0.369 e. The number of nitrogens with zero attached hydrogens (tertiary/aromatic N) is 3. The van der Waals surface area contributed by atoms with Crippen LogP contribution in [0.15, 0.2) is 53.5 Å². The summed E-state index contributed by atoms with van der Waals surface area (Å²) in [6.07, 6.45) is 0. The number of aliphatic imine (C=N–C) groups is 1. The Morgan fingerprint density at radius 3 is 2.07 bits per heavy atom. The van der Waals surface area contributed by atoms with Crippen LogP contribution in [-0.2, 0) is 0 Å². The zero-order valence-corrected chi connectivity index (χ0v) is 15.4. The van der Waals surface area contributed by atoms with Gasteiger partial charge in [-0.25, -0.2) is 8.78 Å². The molecule has 1 aliphatic heterocycles. The summed E-state index contributed by atoms with van der Waals surface area (Å²) in [4.78, 5) is 6.44. The van der Waals surface area contributed by atoms with Gasteiger partial charge < -0.3 is 10.6 Å². The normalized spacial score (nSPS) is 22.3. The summed E-state index contributed by atoms with van der Waals surface area (Å²) in [5.41, 5.74) is 13.9. The summed E-state index contributed by atoms with van der Waals surface area (Å²) in [7, 11) is 4.02. The lowest BCUT2D eigenvalue weighted by atomic mass is 9.94. The van der Waals surface area contributed by atoms with Crippen LogP contribution in [0.2, 0.25) is 0 Å². The van der Waals surface area contributed by atoms with E-state index >= 15 is 0 Å². The van der Waals surface area contributed by atoms with Gasteiger partial charge in [-0.2, -0.15) is 0 Å². The van der Waals surface area contributed by atoms with Gasteiger partial charge in [0, 0.05) is 17.5 Å². The van der Waals surface area contributed by atoms with Gasteiger partial charge in [0.15, 0.2) is 0 Å². The zero-order chi connectivity index (χ0) is 19.6. The number of halogens is 2. The van der Waals surface area contributed by atoms with Gasteiger partial charge in [0.2, 0.25) is 5.84 Å². The highest BCUT2D eigenvalue weighted by atomic mass is 19.1. The Bertz CT molecular complexity index is 857. The Hall–Kier alpha value is -2.80. The Kier molecular flexibility index (Phi) is 5.51. The standard InChI is InChI=1S/C20H23F2N5/c1-26(2)18-12-27(11-17(18)13-3-7-15(21)8-4-13)20(24)25-19(23)14-5-9-16(22)10-6-14/h3-10,17-18H,11-12H2,1-2H3,(H3,23,24,25)/p+1. The van der Waals surface area contributed by atoms with E-state index in [1.807, 2.05) is 30.8 Å². The molecule has 2 unspecified atom stereocenters. The molecule has 0 amide bonds. The molecule has 1 aliphatic rings. The van der Waals surface area contributed by atoms with E-state index in [4.69, 9.17) is 11.5 Å². The number of hydrogen-bond donors (Lipinski definition) is 2. The number of guanidine groups is 1. The average molecular weight is 372 g/mol. The van der Waals surface area contributed by atoms with Crippen LogP contribution in [0.4, 0.5) is 8.78 Å². The largest absolute Gasteiger partial charge is 0.386 e. The molecule has 1 saturated heterocycles. The first-order chi connectivity index (χ1) is 12.8. The van der Waals surface area contributed by atoms with Crippen LogP contribution >= 0.6 is 0 Å². The third-order valence-corrected chi connectivity index (χ3v) is 4.95. The monoisotopic (exact) mass is 372 g/mol. The fourth-order valence-electron chi connectivity index (χ4n) is 3.41. The molecule has 3 rings (SSSR count). The van der Waals surface area contributed by atoms with Gasteiger partial charge in [0.25, 0.3) is 0 Å². The van der Waals surface area contributed by atoms with Crippen molar-refractivity contribution in [2.75, 3.05) is 27.2 Å². The summed E-state index contributed by atoms with van der Waals surface area (Å²) < 4.78 is 28.3. The van der Waals surface area contributed by atoms with E-state index < -0.39 is 0 Å². The second-order valence-electron chi connectivity index (χ2n) is 6.96. The van der Waals surface area contributed by atoms with E-state index in [2.05, 4.69) is 9.89 Å². The maximum absolute atomic E-state index is 13.3. The fourth-order valence-corrected chi connectivity index (χ4v) is 3.41. The molecule has 27 heavy (non-hydrogen) atoms. The minimum absolute atomic E-state index is 0.168. The summed E-state index contributed by atoms with van der Waals surface area (Å²) >= 11 is 0. The fraction of sp³-hybridized carbons (Fsp3) is 0.300. The molecule has 1 fully saturated rings. The van der Waals surface area contributed by atoms with Gasteiger partial charge in [-0.1, -0.05) is 17.1 Å². The van der Waals surface area contributed by atoms with Crippen molar-refractivity contribution in [1.82, 2.24) is 4.90 Å². The van der Waals surface area contributed by atoms with Crippen LogP contribution in [-0.4, -0.2) is 54.5 Å². The number of nitrogens with two attached hydrogens (primary N) is 2. The second kappa shape index (κ2) is 7.84. The molecule has 2 atom stereocenters. The predicted octanol–water partition coefficient (Wildman–Crippen LogP) is 1.72. The van der Waals surface area contributed by atoms with E-state index in [1.165, 1.54) is 24.3 Å². The Labute approximate surface area is 157 Å². The molecule has 0 saturated carbocycles. The molecular formula is C20H24F2N5+. The number of hydrogen-bond acceptors (Lipinski definition) is 1. The van der Waals surface area contributed by atoms with E-state index in [1.54, 1.807) is 12.1 Å². The summed E-state index contributed by atoms with van der Waals surface area (Å²) in [5.74, 6) is 0.130. The first-order valence-corrected chi connectivity index (χ1v) is 8.74. The van der Waals surface area contributed by atoms with Crippen LogP contribution in [0.3, 0.4) is 0 Å². The molecule has 0 spiro atoms. The highest BCUT2D eigenvalue weighted by Crippen LogP contribution is 2.28. The quantitative estimate of drug-likeness (QED) is 0.490. The van der Waals surface area contributed by atoms with Crippen molar-refractivity contribution < 1.29 is 13.4 Å². The van der Waals surface area contributed by atoms with Crippen LogP contribution in [0.1, 0.15) is 17.0 Å². The smallest absolute Gasteiger partial charge is 0.369 e. The maximum Gasteiger partial charge on any atom is 0.386 e. The van der Waals surface area contributed by atoms with Crippen LogP contribution < -0.4 is 11.5 Å². The molecular weight excluding hydrogens is 348 g/mol. The van der Waals surface area contributed by atoms with Crippen molar-refractivity contribution in [2.24, 2.45) is 16.5 Å².